The van der Waals surface area contributed by atoms with Gasteiger partial charge >= 0.3 is 0 Å². The molecule has 4 aromatic rings. The first-order chi connectivity index (χ1) is 19.5. The minimum Gasteiger partial charge on any atom is -0.399 e. The van der Waals surface area contributed by atoms with Crippen molar-refractivity contribution in [2.75, 3.05) is 12.4 Å². The number of allylic oxidation sites excluding steroid dienone is 1. The summed E-state index contributed by atoms with van der Waals surface area (Å²) in [5.74, 6) is 3.72. The summed E-state index contributed by atoms with van der Waals surface area (Å²) in [5, 5.41) is 1.22. The summed E-state index contributed by atoms with van der Waals surface area (Å²) in [6.45, 7) is 3.96. The van der Waals surface area contributed by atoms with Crippen molar-refractivity contribution in [2.24, 2.45) is 5.92 Å². The van der Waals surface area contributed by atoms with E-state index in [-0.39, 0.29) is 6.67 Å². The zero-order valence-electron chi connectivity index (χ0n) is 24.1. The molecular weight excluding hydrogens is 491 g/mol. The van der Waals surface area contributed by atoms with E-state index in [1.807, 2.05) is 19.2 Å². The summed E-state index contributed by atoms with van der Waals surface area (Å²) in [6, 6.07) is 24.2. The number of fused-ring (bicyclic) bond motifs is 1. The van der Waals surface area contributed by atoms with E-state index < -0.39 is 0 Å². The van der Waals surface area contributed by atoms with Crippen molar-refractivity contribution in [3.63, 3.8) is 0 Å². The van der Waals surface area contributed by atoms with Gasteiger partial charge in [0, 0.05) is 29.2 Å². The number of rotatable bonds is 9. The predicted molar refractivity (Wildman–Crippen MR) is 171 cm³/mol. The Kier molecular flexibility index (Phi) is 10.6. The normalized spacial score (nSPS) is 13.9. The van der Waals surface area contributed by atoms with Crippen molar-refractivity contribution < 1.29 is 4.39 Å². The van der Waals surface area contributed by atoms with Crippen molar-refractivity contribution in [1.82, 2.24) is 4.98 Å². The lowest BCUT2D eigenvalue weighted by atomic mass is 9.84. The average Bonchev–Trinajstić information content (AvgIpc) is 3.66. The maximum absolute atomic E-state index is 11.0. The van der Waals surface area contributed by atoms with Crippen LogP contribution in [0.4, 0.5) is 10.1 Å². The Morgan fingerprint density at radius 1 is 1.02 bits per heavy atom. The van der Waals surface area contributed by atoms with E-state index in [0.29, 0.717) is 6.42 Å². The van der Waals surface area contributed by atoms with Crippen LogP contribution < -0.4 is 5.73 Å². The number of nitrogens with one attached hydrogen (secondary N) is 1. The van der Waals surface area contributed by atoms with E-state index in [4.69, 9.17) is 12.2 Å². The minimum absolute atomic E-state index is 0.156. The van der Waals surface area contributed by atoms with Gasteiger partial charge in [0.05, 0.1) is 6.67 Å². The lowest BCUT2D eigenvalue weighted by molar-refractivity contribution is 0.469. The van der Waals surface area contributed by atoms with Crippen molar-refractivity contribution >= 4 is 27.7 Å². The fourth-order valence-electron chi connectivity index (χ4n) is 5.89. The molecule has 0 spiro atoms. The van der Waals surface area contributed by atoms with Crippen LogP contribution in [-0.4, -0.2) is 11.7 Å². The molecule has 3 N–H and O–H groups in total. The molecule has 1 heterocycles. The van der Waals surface area contributed by atoms with Crippen LogP contribution in [0.1, 0.15) is 86.1 Å². The highest BCUT2D eigenvalue weighted by Crippen LogP contribution is 2.39. The Labute approximate surface area is 239 Å². The second kappa shape index (κ2) is 14.6. The predicted octanol–water partition coefficient (Wildman–Crippen LogP) is 9.92. The van der Waals surface area contributed by atoms with Crippen LogP contribution >= 0.6 is 0 Å². The summed E-state index contributed by atoms with van der Waals surface area (Å²) >= 11 is 0. The Bertz CT molecular complexity index is 1440. The highest BCUT2D eigenvalue weighted by molar-refractivity contribution is 6.05. The number of anilines is 1. The van der Waals surface area contributed by atoms with Crippen molar-refractivity contribution in [1.29, 1.82) is 0 Å². The molecular formula is C37H43FN2. The van der Waals surface area contributed by atoms with E-state index >= 15 is 0 Å². The molecule has 0 saturated heterocycles. The SMILES string of the molecule is C#CCC/C(=C(/c1ccc(CC2CCCC2)cc1)c1ccc(N)cc1C)c1cccc2[nH]ccc12.CCCCF. The van der Waals surface area contributed by atoms with E-state index in [1.165, 1.54) is 76.5 Å². The molecule has 1 saturated carbocycles. The summed E-state index contributed by atoms with van der Waals surface area (Å²) in [4.78, 5) is 3.37. The number of alkyl halides is 1. The molecule has 1 aromatic heterocycles. The lowest BCUT2D eigenvalue weighted by Gasteiger charge is -2.20. The Hall–Kier alpha value is -3.77. The number of unbranched alkanes of at least 4 members (excludes halogenated alkanes) is 1. The van der Waals surface area contributed by atoms with Crippen LogP contribution in [-0.2, 0) is 6.42 Å². The number of aromatic nitrogens is 1. The first-order valence-electron chi connectivity index (χ1n) is 14.8. The second-order valence-electron chi connectivity index (χ2n) is 11.0. The number of terminal acetylenes is 1. The fourth-order valence-corrected chi connectivity index (χ4v) is 5.89. The van der Waals surface area contributed by atoms with Gasteiger partial charge in [-0.1, -0.05) is 81.5 Å². The van der Waals surface area contributed by atoms with Crippen molar-refractivity contribution in [3.05, 3.63) is 101 Å². The molecule has 0 unspecified atom stereocenters. The van der Waals surface area contributed by atoms with Gasteiger partial charge in [-0.15, -0.1) is 12.3 Å². The number of aryl methyl sites for hydroxylation is 1. The van der Waals surface area contributed by atoms with Gasteiger partial charge in [0.2, 0.25) is 0 Å². The summed E-state index contributed by atoms with van der Waals surface area (Å²) in [7, 11) is 0. The number of hydrogen-bond acceptors (Lipinski definition) is 1. The van der Waals surface area contributed by atoms with Crippen LogP contribution in [0.2, 0.25) is 0 Å². The van der Waals surface area contributed by atoms with Gasteiger partial charge in [-0.3, -0.25) is 4.39 Å². The molecule has 40 heavy (non-hydrogen) atoms. The van der Waals surface area contributed by atoms with Crippen molar-refractivity contribution in [3.8, 4) is 12.3 Å². The number of hydrogen-bond donors (Lipinski definition) is 2. The third kappa shape index (κ3) is 7.24. The zero-order valence-corrected chi connectivity index (χ0v) is 24.1. The highest BCUT2D eigenvalue weighted by Gasteiger charge is 2.19. The molecule has 0 radical (unpaired) electrons. The van der Waals surface area contributed by atoms with Gasteiger partial charge in [0.1, 0.15) is 0 Å². The smallest absolute Gasteiger partial charge is 0.0894 e. The first-order valence-corrected chi connectivity index (χ1v) is 14.8. The largest absolute Gasteiger partial charge is 0.399 e. The second-order valence-corrected chi connectivity index (χ2v) is 11.0. The first kappa shape index (κ1) is 29.2. The molecule has 208 valence electrons. The molecule has 2 nitrogen and oxygen atoms in total. The molecule has 0 aliphatic heterocycles. The summed E-state index contributed by atoms with van der Waals surface area (Å²) in [6.07, 6.45) is 17.7. The number of nitrogens with two attached hydrogens (primary N) is 1. The van der Waals surface area contributed by atoms with Gasteiger partial charge in [-0.2, -0.15) is 0 Å². The van der Waals surface area contributed by atoms with Gasteiger partial charge in [0.25, 0.3) is 0 Å². The molecule has 0 amide bonds. The van der Waals surface area contributed by atoms with E-state index in [2.05, 4.69) is 78.5 Å². The number of nitrogen functional groups attached to an aromatic ring is 1. The van der Waals surface area contributed by atoms with Gasteiger partial charge in [-0.05, 0) is 95.3 Å². The molecule has 1 aliphatic carbocycles. The number of benzene rings is 3. The number of halogens is 1. The van der Waals surface area contributed by atoms with E-state index in [9.17, 15) is 4.39 Å². The summed E-state index contributed by atoms with van der Waals surface area (Å²) < 4.78 is 11.0. The Morgan fingerprint density at radius 2 is 1.80 bits per heavy atom. The number of aromatic amines is 1. The van der Waals surface area contributed by atoms with Gasteiger partial charge < -0.3 is 10.7 Å². The van der Waals surface area contributed by atoms with Crippen LogP contribution in [0.5, 0.6) is 0 Å². The maximum Gasteiger partial charge on any atom is 0.0894 e. The standard InChI is InChI=1S/C33H34N2.C4H9F/c1-3-4-10-31(29-11-7-12-32-30(29)19-20-35-32)33(28-18-17-27(34)21-23(28)2)26-15-13-25(14-16-26)22-24-8-5-6-9-24;1-2-3-4-5/h1,7,11-21,24,35H,4-6,8-10,22,34H2,2H3;2-4H2,1H3/b33-31+;. The van der Waals surface area contributed by atoms with Crippen LogP contribution in [0.3, 0.4) is 0 Å². The molecule has 3 heteroatoms. The quantitative estimate of drug-likeness (QED) is 0.125. The monoisotopic (exact) mass is 534 g/mol. The molecule has 0 bridgehead atoms. The van der Waals surface area contributed by atoms with E-state index in [0.717, 1.165) is 36.4 Å². The molecule has 5 rings (SSSR count). The average molecular weight is 535 g/mol. The molecule has 3 aromatic carbocycles. The number of H-pyrrole nitrogens is 1. The minimum atomic E-state index is -0.156. The molecule has 1 aliphatic rings. The molecule has 0 atom stereocenters. The Balaban J connectivity index is 0.000000681. The summed E-state index contributed by atoms with van der Waals surface area (Å²) in [5.41, 5.74) is 16.9. The maximum atomic E-state index is 11.0. The lowest BCUT2D eigenvalue weighted by Crippen LogP contribution is -2.01. The van der Waals surface area contributed by atoms with E-state index in [1.54, 1.807) is 0 Å². The molecule has 1 fully saturated rings. The zero-order chi connectivity index (χ0) is 28.3. The van der Waals surface area contributed by atoms with Gasteiger partial charge in [0.15, 0.2) is 0 Å². The third-order valence-electron chi connectivity index (χ3n) is 7.99. The fraction of sp³-hybridized carbons (Fsp3) is 0.351. The van der Waals surface area contributed by atoms with Crippen LogP contribution in [0, 0.1) is 25.2 Å². The topological polar surface area (TPSA) is 41.8 Å². The Morgan fingerprint density at radius 3 is 2.45 bits per heavy atom. The van der Waals surface area contributed by atoms with Crippen LogP contribution in [0.25, 0.3) is 22.0 Å². The third-order valence-corrected chi connectivity index (χ3v) is 7.99. The highest BCUT2D eigenvalue weighted by atomic mass is 19.1. The van der Waals surface area contributed by atoms with Crippen LogP contribution in [0.15, 0.2) is 72.9 Å². The van der Waals surface area contributed by atoms with Crippen molar-refractivity contribution in [2.45, 2.75) is 71.6 Å². The van der Waals surface area contributed by atoms with Gasteiger partial charge in [-0.25, -0.2) is 0 Å².